The molecular formula is C13H17BFNO3. The van der Waals surface area contributed by atoms with Gasteiger partial charge < -0.3 is 14.5 Å². The largest absolute Gasteiger partial charge is 0.495 e. The average Bonchev–Trinajstić information content (AvgIpc) is 2.51. The van der Waals surface area contributed by atoms with Crippen molar-refractivity contribution in [3.05, 3.63) is 29.6 Å². The van der Waals surface area contributed by atoms with Crippen LogP contribution in [0.4, 0.5) is 4.39 Å². The highest BCUT2D eigenvalue weighted by Gasteiger charge is 2.52. The minimum atomic E-state index is -0.686. The highest BCUT2D eigenvalue weighted by atomic mass is 19.1. The topological polar surface area (TPSA) is 51.0 Å². The summed E-state index contributed by atoms with van der Waals surface area (Å²) in [6, 6.07) is 4.57. The lowest BCUT2D eigenvalue weighted by atomic mass is 9.76. The quantitative estimate of drug-likeness (QED) is 0.385. The lowest BCUT2D eigenvalue weighted by Gasteiger charge is -2.32. The Morgan fingerprint density at radius 1 is 1.21 bits per heavy atom. The third-order valence-corrected chi connectivity index (χ3v) is 3.78. The van der Waals surface area contributed by atoms with Gasteiger partial charge >= 0.3 is 7.12 Å². The van der Waals surface area contributed by atoms with Gasteiger partial charge in [0.2, 0.25) is 0 Å². The second-order valence-corrected chi connectivity index (χ2v) is 5.58. The van der Waals surface area contributed by atoms with E-state index in [0.29, 0.717) is 5.46 Å². The van der Waals surface area contributed by atoms with Crippen molar-refractivity contribution in [2.24, 2.45) is 5.16 Å². The summed E-state index contributed by atoms with van der Waals surface area (Å²) in [5.41, 5.74) is -0.324. The first-order valence-corrected chi connectivity index (χ1v) is 6.10. The highest BCUT2D eigenvalue weighted by molar-refractivity contribution is 6.63. The van der Waals surface area contributed by atoms with Crippen molar-refractivity contribution < 1.29 is 18.9 Å². The Hall–Kier alpha value is -1.40. The molecule has 2 rings (SSSR count). The summed E-state index contributed by atoms with van der Waals surface area (Å²) in [5, 5.41) is 11.5. The normalized spacial score (nSPS) is 21.2. The molecule has 1 N–H and O–H groups in total. The molecule has 1 aromatic carbocycles. The molecule has 0 amide bonds. The van der Waals surface area contributed by atoms with Crippen molar-refractivity contribution in [2.45, 2.75) is 38.9 Å². The Balaban J connectivity index is 2.42. The molecular weight excluding hydrogens is 248 g/mol. The summed E-state index contributed by atoms with van der Waals surface area (Å²) in [4.78, 5) is 0. The number of rotatable bonds is 2. The molecule has 0 bridgehead atoms. The monoisotopic (exact) mass is 265 g/mol. The Morgan fingerprint density at radius 3 is 2.32 bits per heavy atom. The number of benzene rings is 1. The van der Waals surface area contributed by atoms with Gasteiger partial charge in [-0.25, -0.2) is 4.39 Å². The van der Waals surface area contributed by atoms with Crippen LogP contribution in [0.5, 0.6) is 0 Å². The molecule has 1 fully saturated rings. The van der Waals surface area contributed by atoms with Crippen LogP contribution in [0.3, 0.4) is 0 Å². The molecule has 102 valence electrons. The van der Waals surface area contributed by atoms with Crippen LogP contribution in [0.25, 0.3) is 0 Å². The molecule has 0 aromatic heterocycles. The zero-order chi connectivity index (χ0) is 14.3. The van der Waals surface area contributed by atoms with Gasteiger partial charge in [0.15, 0.2) is 0 Å². The smallest absolute Gasteiger partial charge is 0.411 e. The van der Waals surface area contributed by atoms with Crippen LogP contribution in [0.1, 0.15) is 33.3 Å². The van der Waals surface area contributed by atoms with Gasteiger partial charge in [-0.05, 0) is 39.2 Å². The van der Waals surface area contributed by atoms with Crippen molar-refractivity contribution in [2.75, 3.05) is 0 Å². The minimum Gasteiger partial charge on any atom is -0.411 e. The second kappa shape index (κ2) is 4.61. The summed E-state index contributed by atoms with van der Waals surface area (Å²) < 4.78 is 25.5. The SMILES string of the molecule is CC1(C)OB(c2cccc(F)c2/C=N/O)OC1(C)C. The number of oxime groups is 1. The van der Waals surface area contributed by atoms with E-state index in [0.717, 1.165) is 6.21 Å². The molecule has 0 radical (unpaired) electrons. The zero-order valence-electron chi connectivity index (χ0n) is 11.5. The fraction of sp³-hybridized carbons (Fsp3) is 0.462. The van der Waals surface area contributed by atoms with E-state index in [2.05, 4.69) is 5.16 Å². The van der Waals surface area contributed by atoms with Gasteiger partial charge in [-0.2, -0.15) is 0 Å². The van der Waals surface area contributed by atoms with Gasteiger partial charge in [-0.15, -0.1) is 0 Å². The molecule has 0 spiro atoms. The van der Waals surface area contributed by atoms with Gasteiger partial charge in [0, 0.05) is 5.56 Å². The van der Waals surface area contributed by atoms with Crippen molar-refractivity contribution in [1.29, 1.82) is 0 Å². The molecule has 0 aliphatic carbocycles. The van der Waals surface area contributed by atoms with E-state index in [-0.39, 0.29) is 5.56 Å². The van der Waals surface area contributed by atoms with E-state index in [1.165, 1.54) is 6.07 Å². The van der Waals surface area contributed by atoms with Crippen molar-refractivity contribution in [1.82, 2.24) is 0 Å². The maximum Gasteiger partial charge on any atom is 0.495 e. The first-order chi connectivity index (χ1) is 8.78. The summed E-state index contributed by atoms with van der Waals surface area (Å²) in [7, 11) is -0.686. The predicted octanol–water partition coefficient (Wildman–Crippen LogP) is 1.93. The standard InChI is InChI=1S/C13H17BFNO3/c1-12(2)13(3,4)19-14(18-12)10-6-5-7-11(15)9(10)8-16-17/h5-8,17H,1-4H3/b16-8+. The number of hydrogen-bond acceptors (Lipinski definition) is 4. The molecule has 0 saturated carbocycles. The van der Waals surface area contributed by atoms with E-state index in [1.54, 1.807) is 12.1 Å². The van der Waals surface area contributed by atoms with Gasteiger partial charge in [0.1, 0.15) is 5.82 Å². The van der Waals surface area contributed by atoms with Gasteiger partial charge in [-0.1, -0.05) is 17.3 Å². The highest BCUT2D eigenvalue weighted by Crippen LogP contribution is 2.36. The fourth-order valence-corrected chi connectivity index (χ4v) is 1.92. The van der Waals surface area contributed by atoms with E-state index in [1.807, 2.05) is 27.7 Å². The molecule has 1 aromatic rings. The van der Waals surface area contributed by atoms with E-state index >= 15 is 0 Å². The minimum absolute atomic E-state index is 0.170. The lowest BCUT2D eigenvalue weighted by molar-refractivity contribution is 0.00578. The molecule has 1 saturated heterocycles. The predicted molar refractivity (Wildman–Crippen MR) is 71.5 cm³/mol. The maximum atomic E-state index is 13.8. The first kappa shape index (κ1) is 14.0. The van der Waals surface area contributed by atoms with Crippen LogP contribution in [0.2, 0.25) is 0 Å². The van der Waals surface area contributed by atoms with Crippen LogP contribution < -0.4 is 5.46 Å². The summed E-state index contributed by atoms with van der Waals surface area (Å²) in [5.74, 6) is -0.481. The molecule has 19 heavy (non-hydrogen) atoms. The van der Waals surface area contributed by atoms with E-state index in [4.69, 9.17) is 14.5 Å². The summed E-state index contributed by atoms with van der Waals surface area (Å²) in [6.07, 6.45) is 1.05. The van der Waals surface area contributed by atoms with Crippen LogP contribution in [-0.4, -0.2) is 29.7 Å². The van der Waals surface area contributed by atoms with Crippen LogP contribution in [0.15, 0.2) is 23.4 Å². The van der Waals surface area contributed by atoms with E-state index < -0.39 is 24.1 Å². The van der Waals surface area contributed by atoms with Crippen molar-refractivity contribution >= 4 is 18.8 Å². The third kappa shape index (κ3) is 2.38. The average molecular weight is 265 g/mol. The van der Waals surface area contributed by atoms with Gasteiger partial charge in [0.25, 0.3) is 0 Å². The first-order valence-electron chi connectivity index (χ1n) is 6.10. The van der Waals surface area contributed by atoms with Crippen LogP contribution >= 0.6 is 0 Å². The molecule has 4 nitrogen and oxygen atoms in total. The number of halogens is 1. The van der Waals surface area contributed by atoms with Gasteiger partial charge in [0.05, 0.1) is 17.4 Å². The lowest BCUT2D eigenvalue weighted by Crippen LogP contribution is -2.41. The van der Waals surface area contributed by atoms with Crippen molar-refractivity contribution in [3.63, 3.8) is 0 Å². The Bertz CT molecular complexity index is 501. The molecule has 0 atom stereocenters. The summed E-state index contributed by atoms with van der Waals surface area (Å²) in [6.45, 7) is 7.69. The molecule has 6 heteroatoms. The van der Waals surface area contributed by atoms with Gasteiger partial charge in [-0.3, -0.25) is 0 Å². The second-order valence-electron chi connectivity index (χ2n) is 5.58. The number of nitrogens with zero attached hydrogens (tertiary/aromatic N) is 1. The fourth-order valence-electron chi connectivity index (χ4n) is 1.92. The van der Waals surface area contributed by atoms with Crippen molar-refractivity contribution in [3.8, 4) is 0 Å². The third-order valence-electron chi connectivity index (χ3n) is 3.78. The molecule has 1 aliphatic heterocycles. The Morgan fingerprint density at radius 2 is 1.79 bits per heavy atom. The van der Waals surface area contributed by atoms with Crippen LogP contribution in [0, 0.1) is 5.82 Å². The van der Waals surface area contributed by atoms with Crippen LogP contribution in [-0.2, 0) is 9.31 Å². The zero-order valence-corrected chi connectivity index (χ0v) is 11.5. The molecule has 0 unspecified atom stereocenters. The molecule has 1 aliphatic rings. The van der Waals surface area contributed by atoms with E-state index in [9.17, 15) is 4.39 Å². The Labute approximate surface area is 112 Å². The molecule has 1 heterocycles. The maximum absolute atomic E-state index is 13.8. The summed E-state index contributed by atoms with van der Waals surface area (Å²) >= 11 is 0. The Kier molecular flexibility index (Phi) is 3.41. The number of hydrogen-bond donors (Lipinski definition) is 1.